The van der Waals surface area contributed by atoms with Crippen LogP contribution in [0.15, 0.2) is 0 Å². The van der Waals surface area contributed by atoms with Crippen LogP contribution < -0.4 is 5.32 Å². The lowest BCUT2D eigenvalue weighted by molar-refractivity contribution is -0.142. The molecule has 0 rings (SSSR count). The maximum absolute atomic E-state index is 10.8. The highest BCUT2D eigenvalue weighted by atomic mass is 35.5. The molecule has 0 saturated heterocycles. The zero-order valence-electron chi connectivity index (χ0n) is 6.37. The number of aliphatic carboxylic acids is 1. The number of hydrogen-bond donors (Lipinski definition) is 2. The molecule has 7 heteroatoms. The molecular weight excluding hydrogens is 221 g/mol. The maximum atomic E-state index is 10.8. The number of carbonyl (C=O) groups is 3. The second-order valence-electron chi connectivity index (χ2n) is 2.10. The number of nitrogens with one attached hydrogen (secondary N) is 1. The molecule has 5 nitrogen and oxygen atoms in total. The standard InChI is InChI=1S/C6H7Cl2NO4/c7-4(8)5(11)9-3(1-2-10)6(12)13/h2-4H,1H2,(H,9,11)(H,12,13). The number of carboxylic acid groups (broad SMARTS) is 1. The van der Waals surface area contributed by atoms with Crippen molar-refractivity contribution in [2.24, 2.45) is 0 Å². The SMILES string of the molecule is O=CCC(NC(=O)C(Cl)Cl)C(=O)O. The molecule has 1 atom stereocenters. The second-order valence-corrected chi connectivity index (χ2v) is 3.20. The molecule has 2 N–H and O–H groups in total. The third-order valence-electron chi connectivity index (χ3n) is 1.14. The van der Waals surface area contributed by atoms with Crippen LogP contribution in [0, 0.1) is 0 Å². The average molecular weight is 228 g/mol. The Kier molecular flexibility index (Phi) is 5.41. The summed E-state index contributed by atoms with van der Waals surface area (Å²) in [5, 5.41) is 10.5. The molecule has 0 aliphatic heterocycles. The van der Waals surface area contributed by atoms with Gasteiger partial charge in [-0.15, -0.1) is 0 Å². The second kappa shape index (κ2) is 5.77. The summed E-state index contributed by atoms with van der Waals surface area (Å²) >= 11 is 10.3. The Morgan fingerprint density at radius 1 is 1.46 bits per heavy atom. The van der Waals surface area contributed by atoms with Gasteiger partial charge in [0.15, 0.2) is 4.84 Å². The summed E-state index contributed by atoms with van der Waals surface area (Å²) in [6.45, 7) is 0. The Hall–Kier alpha value is -0.810. The molecule has 0 aromatic carbocycles. The van der Waals surface area contributed by atoms with Crippen LogP contribution in [0.25, 0.3) is 0 Å². The number of rotatable bonds is 5. The number of hydrogen-bond acceptors (Lipinski definition) is 3. The zero-order valence-corrected chi connectivity index (χ0v) is 7.88. The average Bonchev–Trinajstić information content (AvgIpc) is 2.03. The van der Waals surface area contributed by atoms with Crippen LogP contribution in [0.2, 0.25) is 0 Å². The lowest BCUT2D eigenvalue weighted by Gasteiger charge is -2.11. The largest absolute Gasteiger partial charge is 0.480 e. The fourth-order valence-electron chi connectivity index (χ4n) is 0.552. The van der Waals surface area contributed by atoms with Gasteiger partial charge in [0.2, 0.25) is 0 Å². The molecule has 0 bridgehead atoms. The van der Waals surface area contributed by atoms with E-state index in [9.17, 15) is 14.4 Å². The number of carboxylic acids is 1. The topological polar surface area (TPSA) is 83.5 Å². The summed E-state index contributed by atoms with van der Waals surface area (Å²) in [7, 11) is 0. The van der Waals surface area contributed by atoms with E-state index >= 15 is 0 Å². The van der Waals surface area contributed by atoms with Gasteiger partial charge in [-0.25, -0.2) is 4.79 Å². The predicted molar refractivity (Wildman–Crippen MR) is 45.7 cm³/mol. The minimum absolute atomic E-state index is 0.318. The molecule has 0 aromatic heterocycles. The summed E-state index contributed by atoms with van der Waals surface area (Å²) in [6.07, 6.45) is 0.0676. The van der Waals surface area contributed by atoms with E-state index < -0.39 is 22.8 Å². The van der Waals surface area contributed by atoms with Crippen molar-refractivity contribution in [3.05, 3.63) is 0 Å². The zero-order chi connectivity index (χ0) is 10.4. The molecule has 0 radical (unpaired) electrons. The van der Waals surface area contributed by atoms with Gasteiger partial charge in [-0.3, -0.25) is 4.79 Å². The number of aldehydes is 1. The minimum atomic E-state index is -1.34. The lowest BCUT2D eigenvalue weighted by atomic mass is 10.2. The van der Waals surface area contributed by atoms with Gasteiger partial charge in [0, 0.05) is 6.42 Å². The van der Waals surface area contributed by atoms with E-state index in [2.05, 4.69) is 0 Å². The molecule has 0 aromatic rings. The van der Waals surface area contributed by atoms with E-state index in [1.54, 1.807) is 0 Å². The highest BCUT2D eigenvalue weighted by Gasteiger charge is 2.22. The molecule has 13 heavy (non-hydrogen) atoms. The smallest absolute Gasteiger partial charge is 0.326 e. The van der Waals surface area contributed by atoms with Crippen molar-refractivity contribution < 1.29 is 19.5 Å². The van der Waals surface area contributed by atoms with Gasteiger partial charge in [0.05, 0.1) is 0 Å². The Bertz CT molecular complexity index is 219. The highest BCUT2D eigenvalue weighted by molar-refractivity contribution is 6.53. The predicted octanol–water partition coefficient (Wildman–Crippen LogP) is -0.0515. The van der Waals surface area contributed by atoms with E-state index in [1.165, 1.54) is 0 Å². The van der Waals surface area contributed by atoms with Gasteiger partial charge < -0.3 is 15.2 Å². The van der Waals surface area contributed by atoms with Crippen LogP contribution in [-0.4, -0.2) is 34.1 Å². The van der Waals surface area contributed by atoms with Crippen molar-refractivity contribution in [2.45, 2.75) is 17.3 Å². The first-order valence-electron chi connectivity index (χ1n) is 3.24. The van der Waals surface area contributed by atoms with Crippen LogP contribution in [0.5, 0.6) is 0 Å². The lowest BCUT2D eigenvalue weighted by Crippen LogP contribution is -2.43. The Morgan fingerprint density at radius 3 is 2.31 bits per heavy atom. The molecule has 74 valence electrons. The van der Waals surface area contributed by atoms with E-state index in [4.69, 9.17) is 28.3 Å². The number of amides is 1. The van der Waals surface area contributed by atoms with E-state index in [0.717, 1.165) is 0 Å². The van der Waals surface area contributed by atoms with Crippen molar-refractivity contribution in [2.75, 3.05) is 0 Å². The van der Waals surface area contributed by atoms with E-state index in [-0.39, 0.29) is 6.42 Å². The van der Waals surface area contributed by atoms with Crippen molar-refractivity contribution >= 4 is 41.4 Å². The molecule has 0 aliphatic carbocycles. The van der Waals surface area contributed by atoms with E-state index in [1.807, 2.05) is 5.32 Å². The summed E-state index contributed by atoms with van der Waals surface area (Å²) in [5.74, 6) is -2.15. The first kappa shape index (κ1) is 12.2. The van der Waals surface area contributed by atoms with Gasteiger partial charge in [-0.2, -0.15) is 0 Å². The molecule has 1 unspecified atom stereocenters. The molecule has 1 amide bonds. The number of carbonyl (C=O) groups excluding carboxylic acids is 2. The van der Waals surface area contributed by atoms with Crippen molar-refractivity contribution in [1.29, 1.82) is 0 Å². The minimum Gasteiger partial charge on any atom is -0.480 e. The Morgan fingerprint density at radius 2 is 2.00 bits per heavy atom. The van der Waals surface area contributed by atoms with Crippen molar-refractivity contribution in [3.8, 4) is 0 Å². The van der Waals surface area contributed by atoms with Crippen LogP contribution >= 0.6 is 23.2 Å². The van der Waals surface area contributed by atoms with Crippen LogP contribution in [0.1, 0.15) is 6.42 Å². The van der Waals surface area contributed by atoms with Crippen molar-refractivity contribution in [1.82, 2.24) is 5.32 Å². The third-order valence-corrected chi connectivity index (χ3v) is 1.54. The van der Waals surface area contributed by atoms with E-state index in [0.29, 0.717) is 6.29 Å². The molecule has 0 saturated carbocycles. The van der Waals surface area contributed by atoms with Gasteiger partial charge in [-0.05, 0) is 0 Å². The van der Waals surface area contributed by atoms with Crippen LogP contribution in [-0.2, 0) is 14.4 Å². The van der Waals surface area contributed by atoms with Crippen LogP contribution in [0.3, 0.4) is 0 Å². The van der Waals surface area contributed by atoms with Gasteiger partial charge in [0.25, 0.3) is 5.91 Å². The summed E-state index contributed by atoms with van der Waals surface area (Å²) in [6, 6.07) is -1.27. The number of halogens is 2. The van der Waals surface area contributed by atoms with Gasteiger partial charge in [0.1, 0.15) is 12.3 Å². The molecule has 0 fully saturated rings. The van der Waals surface area contributed by atoms with Crippen LogP contribution in [0.4, 0.5) is 0 Å². The fourth-order valence-corrected chi connectivity index (χ4v) is 0.678. The quantitative estimate of drug-likeness (QED) is 0.510. The molecule has 0 aliphatic rings. The van der Waals surface area contributed by atoms with Gasteiger partial charge in [-0.1, -0.05) is 23.2 Å². The molecular formula is C6H7Cl2NO4. The highest BCUT2D eigenvalue weighted by Crippen LogP contribution is 2.02. The first-order chi connectivity index (χ1) is 5.99. The van der Waals surface area contributed by atoms with Crippen molar-refractivity contribution in [3.63, 3.8) is 0 Å². The maximum Gasteiger partial charge on any atom is 0.326 e. The summed E-state index contributed by atoms with van der Waals surface area (Å²) < 4.78 is 0. The summed E-state index contributed by atoms with van der Waals surface area (Å²) in [5.41, 5.74) is 0. The summed E-state index contributed by atoms with van der Waals surface area (Å²) in [4.78, 5) is 29.8. The monoisotopic (exact) mass is 227 g/mol. The third kappa shape index (κ3) is 4.69. The molecule has 0 spiro atoms. The Balaban J connectivity index is 4.17. The first-order valence-corrected chi connectivity index (χ1v) is 4.11. The van der Waals surface area contributed by atoms with Gasteiger partial charge >= 0.3 is 5.97 Å². The molecule has 0 heterocycles. The fraction of sp³-hybridized carbons (Fsp3) is 0.500. The normalized spacial score (nSPS) is 12.2. The Labute approximate surface area is 84.0 Å². The number of alkyl halides is 2.